The van der Waals surface area contributed by atoms with Gasteiger partial charge in [0.1, 0.15) is 5.75 Å². The van der Waals surface area contributed by atoms with Gasteiger partial charge in [-0.1, -0.05) is 31.0 Å². The quantitative estimate of drug-likeness (QED) is 0.914. The third kappa shape index (κ3) is 3.51. The molecule has 5 heteroatoms. The van der Waals surface area contributed by atoms with Crippen molar-refractivity contribution in [1.29, 1.82) is 0 Å². The van der Waals surface area contributed by atoms with E-state index in [1.807, 2.05) is 30.3 Å². The molecule has 2 fully saturated rings. The van der Waals surface area contributed by atoms with Gasteiger partial charge in [-0.25, -0.2) is 4.98 Å². The molecule has 1 atom stereocenters. The van der Waals surface area contributed by atoms with Gasteiger partial charge in [0, 0.05) is 24.9 Å². The molecule has 1 saturated heterocycles. The van der Waals surface area contributed by atoms with Crippen molar-refractivity contribution in [3.05, 3.63) is 42.6 Å². The van der Waals surface area contributed by atoms with Crippen LogP contribution in [0.15, 0.2) is 42.6 Å². The average Bonchev–Trinajstić information content (AvgIpc) is 3.04. The van der Waals surface area contributed by atoms with Crippen molar-refractivity contribution in [1.82, 2.24) is 9.97 Å². The van der Waals surface area contributed by atoms with E-state index in [0.29, 0.717) is 17.9 Å². The number of aromatic nitrogens is 2. The first-order chi connectivity index (χ1) is 11.8. The summed E-state index contributed by atoms with van der Waals surface area (Å²) in [5.41, 5.74) is 0.0913. The van der Waals surface area contributed by atoms with Gasteiger partial charge < -0.3 is 14.8 Å². The molecule has 1 aliphatic heterocycles. The van der Waals surface area contributed by atoms with Crippen LogP contribution in [0.3, 0.4) is 0 Å². The normalized spacial score (nSPS) is 22.4. The highest BCUT2D eigenvalue weighted by Gasteiger charge is 2.40. The second-order valence-electron chi connectivity index (χ2n) is 6.71. The maximum absolute atomic E-state index is 6.09. The van der Waals surface area contributed by atoms with Gasteiger partial charge in [0.25, 0.3) is 0 Å². The van der Waals surface area contributed by atoms with Gasteiger partial charge >= 0.3 is 0 Å². The summed E-state index contributed by atoms with van der Waals surface area (Å²) in [5, 5.41) is 3.48. The summed E-state index contributed by atoms with van der Waals surface area (Å²) in [4.78, 5) is 8.84. The molecule has 5 nitrogen and oxygen atoms in total. The van der Waals surface area contributed by atoms with E-state index in [9.17, 15) is 0 Å². The number of hydrogen-bond donors (Lipinski definition) is 1. The molecule has 1 aromatic carbocycles. The smallest absolute Gasteiger partial charge is 0.226 e. The third-order valence-electron chi connectivity index (χ3n) is 4.94. The topological polar surface area (TPSA) is 56.3 Å². The molecule has 1 aliphatic carbocycles. The van der Waals surface area contributed by atoms with E-state index >= 15 is 0 Å². The molecular formula is C19H23N3O2. The minimum absolute atomic E-state index is 0.0913. The van der Waals surface area contributed by atoms with Crippen LogP contribution in [0.1, 0.15) is 38.5 Å². The van der Waals surface area contributed by atoms with Crippen molar-refractivity contribution in [2.45, 2.75) is 50.2 Å². The summed E-state index contributed by atoms with van der Waals surface area (Å²) in [7, 11) is 0. The Morgan fingerprint density at radius 3 is 2.79 bits per heavy atom. The van der Waals surface area contributed by atoms with Crippen LogP contribution in [-0.4, -0.2) is 28.2 Å². The van der Waals surface area contributed by atoms with E-state index < -0.39 is 0 Å². The highest BCUT2D eigenvalue weighted by atomic mass is 16.5. The molecule has 2 heterocycles. The molecule has 0 bridgehead atoms. The molecule has 0 amide bonds. The number of para-hydroxylation sites is 1. The number of anilines is 1. The Hall–Kier alpha value is -2.14. The van der Waals surface area contributed by atoms with Gasteiger partial charge in [0.2, 0.25) is 11.8 Å². The standard InChI is InChI=1S/C19H23N3O2/c1-2-6-16(7-3-1)24-17-8-12-20-18(22-17)21-15-9-13-23-19(14-15)10-4-5-11-19/h1-3,6-8,12,15H,4-5,9-11,13-14H2,(H,20,21,22). The molecule has 0 radical (unpaired) electrons. The van der Waals surface area contributed by atoms with E-state index in [2.05, 4.69) is 15.3 Å². The number of nitrogens with one attached hydrogen (secondary N) is 1. The van der Waals surface area contributed by atoms with Crippen LogP contribution in [0.25, 0.3) is 0 Å². The van der Waals surface area contributed by atoms with Crippen molar-refractivity contribution in [2.75, 3.05) is 11.9 Å². The highest BCUT2D eigenvalue weighted by molar-refractivity contribution is 5.32. The maximum atomic E-state index is 6.09. The van der Waals surface area contributed by atoms with Gasteiger partial charge in [-0.05, 0) is 37.8 Å². The fourth-order valence-electron chi connectivity index (χ4n) is 3.78. The van der Waals surface area contributed by atoms with Crippen molar-refractivity contribution in [2.24, 2.45) is 0 Å². The summed E-state index contributed by atoms with van der Waals surface area (Å²) in [6.07, 6.45) is 8.70. The number of rotatable bonds is 4. The first-order valence-corrected chi connectivity index (χ1v) is 8.78. The lowest BCUT2D eigenvalue weighted by Gasteiger charge is -2.38. The summed E-state index contributed by atoms with van der Waals surface area (Å²) < 4.78 is 11.9. The summed E-state index contributed by atoms with van der Waals surface area (Å²) in [6.45, 7) is 0.817. The van der Waals surface area contributed by atoms with Gasteiger partial charge in [-0.2, -0.15) is 4.98 Å². The molecule has 24 heavy (non-hydrogen) atoms. The van der Waals surface area contributed by atoms with Gasteiger partial charge in [0.05, 0.1) is 5.60 Å². The Morgan fingerprint density at radius 2 is 1.96 bits per heavy atom. The lowest BCUT2D eigenvalue weighted by Crippen LogP contribution is -2.42. The minimum atomic E-state index is 0.0913. The molecule has 1 N–H and O–H groups in total. The van der Waals surface area contributed by atoms with Crippen molar-refractivity contribution in [3.63, 3.8) is 0 Å². The van der Waals surface area contributed by atoms with Crippen LogP contribution >= 0.6 is 0 Å². The van der Waals surface area contributed by atoms with E-state index in [1.165, 1.54) is 25.7 Å². The summed E-state index contributed by atoms with van der Waals surface area (Å²) >= 11 is 0. The van der Waals surface area contributed by atoms with Gasteiger partial charge in [0.15, 0.2) is 0 Å². The zero-order valence-electron chi connectivity index (χ0n) is 13.8. The average molecular weight is 325 g/mol. The molecule has 4 rings (SSSR count). The van der Waals surface area contributed by atoms with Crippen LogP contribution in [0.2, 0.25) is 0 Å². The molecule has 126 valence electrons. The number of hydrogen-bond acceptors (Lipinski definition) is 5. The molecule has 1 spiro atoms. The fraction of sp³-hybridized carbons (Fsp3) is 0.474. The first kappa shape index (κ1) is 15.4. The van der Waals surface area contributed by atoms with Crippen molar-refractivity contribution < 1.29 is 9.47 Å². The molecule has 1 aromatic heterocycles. The predicted octanol–water partition coefficient (Wildman–Crippen LogP) is 4.17. The van der Waals surface area contributed by atoms with Crippen LogP contribution in [0.4, 0.5) is 5.95 Å². The second-order valence-corrected chi connectivity index (χ2v) is 6.71. The minimum Gasteiger partial charge on any atom is -0.439 e. The highest BCUT2D eigenvalue weighted by Crippen LogP contribution is 2.40. The summed E-state index contributed by atoms with van der Waals surface area (Å²) in [5.74, 6) is 1.96. The lowest BCUT2D eigenvalue weighted by atomic mass is 9.89. The van der Waals surface area contributed by atoms with Crippen molar-refractivity contribution >= 4 is 5.95 Å². The Bertz CT molecular complexity index is 671. The number of ether oxygens (including phenoxy) is 2. The van der Waals surface area contributed by atoms with Crippen molar-refractivity contribution in [3.8, 4) is 11.6 Å². The predicted molar refractivity (Wildman–Crippen MR) is 92.3 cm³/mol. The van der Waals surface area contributed by atoms with E-state index in [1.54, 1.807) is 12.3 Å². The largest absolute Gasteiger partial charge is 0.439 e. The first-order valence-electron chi connectivity index (χ1n) is 8.78. The lowest BCUT2D eigenvalue weighted by molar-refractivity contribution is -0.0767. The van der Waals surface area contributed by atoms with Crippen LogP contribution < -0.4 is 10.1 Å². The number of nitrogens with zero attached hydrogens (tertiary/aromatic N) is 2. The Labute approximate surface area is 142 Å². The monoisotopic (exact) mass is 325 g/mol. The Morgan fingerprint density at radius 1 is 1.12 bits per heavy atom. The van der Waals surface area contributed by atoms with Gasteiger partial charge in [-0.15, -0.1) is 0 Å². The fourth-order valence-corrected chi connectivity index (χ4v) is 3.78. The number of benzene rings is 1. The second kappa shape index (κ2) is 6.77. The van der Waals surface area contributed by atoms with Crippen LogP contribution in [0, 0.1) is 0 Å². The van der Waals surface area contributed by atoms with E-state index in [-0.39, 0.29) is 5.60 Å². The summed E-state index contributed by atoms with van der Waals surface area (Å²) in [6, 6.07) is 11.8. The SMILES string of the molecule is c1ccc(Oc2ccnc(NC3CCOC4(CCCC4)C3)n2)cc1. The zero-order chi connectivity index (χ0) is 16.2. The van der Waals surface area contributed by atoms with Crippen LogP contribution in [-0.2, 0) is 4.74 Å². The Kier molecular flexibility index (Phi) is 4.34. The third-order valence-corrected chi connectivity index (χ3v) is 4.94. The Balaban J connectivity index is 1.42. The zero-order valence-corrected chi connectivity index (χ0v) is 13.8. The molecule has 2 aromatic rings. The van der Waals surface area contributed by atoms with E-state index in [4.69, 9.17) is 9.47 Å². The molecule has 1 unspecified atom stereocenters. The van der Waals surface area contributed by atoms with E-state index in [0.717, 1.165) is 25.2 Å². The van der Waals surface area contributed by atoms with Gasteiger partial charge in [-0.3, -0.25) is 0 Å². The molecule has 1 saturated carbocycles. The van der Waals surface area contributed by atoms with Crippen LogP contribution in [0.5, 0.6) is 11.6 Å². The maximum Gasteiger partial charge on any atom is 0.226 e. The molecular weight excluding hydrogens is 302 g/mol. The molecule has 2 aliphatic rings.